The molecule has 0 aliphatic carbocycles. The van der Waals surface area contributed by atoms with Crippen LogP contribution >= 0.6 is 0 Å². The van der Waals surface area contributed by atoms with Crippen molar-refractivity contribution in [2.75, 3.05) is 13.7 Å². The fourth-order valence-electron chi connectivity index (χ4n) is 0.136. The highest BCUT2D eigenvalue weighted by molar-refractivity contribution is 4.69. The lowest BCUT2D eigenvalue weighted by molar-refractivity contribution is 0.227. The van der Waals surface area contributed by atoms with Gasteiger partial charge in [-0.25, -0.2) is 5.11 Å². The maximum atomic E-state index is 9.52. The van der Waals surface area contributed by atoms with Gasteiger partial charge in [0.15, 0.2) is 0 Å². The average Bonchev–Trinajstić information content (AvgIpc) is 1.61. The van der Waals surface area contributed by atoms with Crippen LogP contribution in [-0.4, -0.2) is 13.7 Å². The first kappa shape index (κ1) is 5.50. The lowest BCUT2D eigenvalue weighted by Gasteiger charge is -1.78. The summed E-state index contributed by atoms with van der Waals surface area (Å²) in [6.45, 7) is -0.201. The summed E-state index contributed by atoms with van der Waals surface area (Å²) in [6.07, 6.45) is 2.77. The number of rotatable bonds is 2. The maximum absolute atomic E-state index is 9.52. The van der Waals surface area contributed by atoms with E-state index in [0.29, 0.717) is 0 Å². The molecule has 0 aliphatic heterocycles. The summed E-state index contributed by atoms with van der Waals surface area (Å²) in [7, 11) is 1.51. The van der Waals surface area contributed by atoms with Gasteiger partial charge in [0, 0.05) is 0 Å². The van der Waals surface area contributed by atoms with Gasteiger partial charge in [-0.1, -0.05) is 0 Å². The second kappa shape index (κ2) is 4.50. The molecule has 2 nitrogen and oxygen atoms in total. The Bertz CT molecular complexity index is 34.8. The second-order valence-electron chi connectivity index (χ2n) is 0.774. The molecular formula is C4H7O2. The van der Waals surface area contributed by atoms with Gasteiger partial charge in [-0.2, -0.15) is 0 Å². The van der Waals surface area contributed by atoms with Crippen molar-refractivity contribution >= 4 is 0 Å². The van der Waals surface area contributed by atoms with Crippen LogP contribution in [0.1, 0.15) is 0 Å². The number of hydrogen-bond acceptors (Lipinski definition) is 1. The molecule has 0 aromatic rings. The van der Waals surface area contributed by atoms with E-state index in [0.717, 1.165) is 0 Å². The normalized spacial score (nSPS) is 9.67. The smallest absolute Gasteiger partial charge is 0.104 e. The van der Waals surface area contributed by atoms with E-state index in [1.165, 1.54) is 19.4 Å². The van der Waals surface area contributed by atoms with Gasteiger partial charge in [-0.05, 0) is 6.08 Å². The van der Waals surface area contributed by atoms with Crippen LogP contribution in [-0.2, 0) is 9.84 Å². The number of hydrogen-bond donors (Lipinski definition) is 0. The molecule has 0 rings (SSSR count). The lowest BCUT2D eigenvalue weighted by atomic mass is 10.7. The summed E-state index contributed by atoms with van der Waals surface area (Å²) in [4.78, 5) is 0. The molecule has 0 fully saturated rings. The molecule has 0 aromatic carbocycles. The van der Waals surface area contributed by atoms with Gasteiger partial charge in [0.05, 0.1) is 13.4 Å². The van der Waals surface area contributed by atoms with Crippen LogP contribution in [0.25, 0.3) is 0 Å². The molecule has 0 bridgehead atoms. The Morgan fingerprint density at radius 2 is 2.50 bits per heavy atom. The monoisotopic (exact) mass is 87.0 g/mol. The zero-order chi connectivity index (χ0) is 4.83. The first-order valence-electron chi connectivity index (χ1n) is 1.67. The minimum Gasteiger partial charge on any atom is -0.505 e. The molecule has 0 aromatic heterocycles. The predicted octanol–water partition coefficient (Wildman–Crippen LogP) is 0.577. The zero-order valence-electron chi connectivity index (χ0n) is 3.68. The SMILES string of the molecule is CO/C=C/C[O]. The largest absolute Gasteiger partial charge is 0.505 e. The molecule has 0 spiro atoms. The van der Waals surface area contributed by atoms with Crippen LogP contribution in [0.3, 0.4) is 0 Å². The fourth-order valence-corrected chi connectivity index (χ4v) is 0.136. The van der Waals surface area contributed by atoms with E-state index < -0.39 is 0 Å². The van der Waals surface area contributed by atoms with Crippen molar-refractivity contribution in [3.8, 4) is 0 Å². The van der Waals surface area contributed by atoms with Crippen LogP contribution in [0.4, 0.5) is 0 Å². The Kier molecular flexibility index (Phi) is 4.12. The topological polar surface area (TPSA) is 29.1 Å². The van der Waals surface area contributed by atoms with Crippen molar-refractivity contribution in [3.63, 3.8) is 0 Å². The Morgan fingerprint density at radius 3 is 2.67 bits per heavy atom. The molecule has 2 heteroatoms. The second-order valence-corrected chi connectivity index (χ2v) is 0.774. The van der Waals surface area contributed by atoms with E-state index in [1.54, 1.807) is 0 Å². The quantitative estimate of drug-likeness (QED) is 0.453. The maximum Gasteiger partial charge on any atom is 0.104 e. The highest BCUT2D eigenvalue weighted by atomic mass is 16.5. The van der Waals surface area contributed by atoms with Crippen molar-refractivity contribution in [3.05, 3.63) is 12.3 Å². The molecular weight excluding hydrogens is 80.0 g/mol. The summed E-state index contributed by atoms with van der Waals surface area (Å²) < 4.78 is 4.40. The third-order valence-corrected chi connectivity index (χ3v) is 0.329. The third kappa shape index (κ3) is 3.50. The predicted molar refractivity (Wildman–Crippen MR) is 21.7 cm³/mol. The van der Waals surface area contributed by atoms with E-state index in [2.05, 4.69) is 4.74 Å². The molecule has 0 saturated heterocycles. The van der Waals surface area contributed by atoms with E-state index in [4.69, 9.17) is 0 Å². The standard InChI is InChI=1S/C4H7O2/c1-6-4-2-3-5/h2,4H,3H2,1H3/b4-2+. The van der Waals surface area contributed by atoms with Crippen molar-refractivity contribution in [1.29, 1.82) is 0 Å². The van der Waals surface area contributed by atoms with Crippen LogP contribution in [0.5, 0.6) is 0 Å². The minimum absolute atomic E-state index is 0.201. The first-order chi connectivity index (χ1) is 2.91. The van der Waals surface area contributed by atoms with Crippen molar-refractivity contribution in [2.45, 2.75) is 0 Å². The van der Waals surface area contributed by atoms with Crippen LogP contribution in [0, 0.1) is 0 Å². The minimum atomic E-state index is -0.201. The Labute approximate surface area is 37.1 Å². The van der Waals surface area contributed by atoms with Crippen molar-refractivity contribution in [1.82, 2.24) is 0 Å². The van der Waals surface area contributed by atoms with Gasteiger partial charge in [0.1, 0.15) is 6.61 Å². The molecule has 0 saturated carbocycles. The van der Waals surface area contributed by atoms with Gasteiger partial charge in [-0.15, -0.1) is 0 Å². The highest BCUT2D eigenvalue weighted by Gasteiger charge is 1.61. The van der Waals surface area contributed by atoms with Gasteiger partial charge >= 0.3 is 0 Å². The van der Waals surface area contributed by atoms with Crippen LogP contribution in [0.2, 0.25) is 0 Å². The van der Waals surface area contributed by atoms with Crippen molar-refractivity contribution < 1.29 is 9.84 Å². The molecule has 0 heterocycles. The molecule has 35 valence electrons. The van der Waals surface area contributed by atoms with Crippen LogP contribution in [0.15, 0.2) is 12.3 Å². The fraction of sp³-hybridized carbons (Fsp3) is 0.500. The van der Waals surface area contributed by atoms with E-state index in [9.17, 15) is 5.11 Å². The summed E-state index contributed by atoms with van der Waals surface area (Å²) in [5.74, 6) is 0. The Morgan fingerprint density at radius 1 is 1.83 bits per heavy atom. The van der Waals surface area contributed by atoms with Crippen LogP contribution < -0.4 is 0 Å². The third-order valence-electron chi connectivity index (χ3n) is 0.329. The summed E-state index contributed by atoms with van der Waals surface area (Å²) in [6, 6.07) is 0. The highest BCUT2D eigenvalue weighted by Crippen LogP contribution is 1.67. The van der Waals surface area contributed by atoms with Crippen molar-refractivity contribution in [2.24, 2.45) is 0 Å². The van der Waals surface area contributed by atoms with E-state index in [1.807, 2.05) is 0 Å². The Hall–Kier alpha value is -0.500. The van der Waals surface area contributed by atoms with E-state index >= 15 is 0 Å². The van der Waals surface area contributed by atoms with Gasteiger partial charge in [-0.3, -0.25) is 0 Å². The zero-order valence-corrected chi connectivity index (χ0v) is 3.68. The molecule has 1 radical (unpaired) electrons. The summed E-state index contributed by atoms with van der Waals surface area (Å²) >= 11 is 0. The Balaban J connectivity index is 2.73. The number of methoxy groups -OCH3 is 1. The summed E-state index contributed by atoms with van der Waals surface area (Å²) in [5, 5.41) is 9.52. The molecule has 0 aliphatic rings. The molecule has 0 amide bonds. The average molecular weight is 87.1 g/mol. The summed E-state index contributed by atoms with van der Waals surface area (Å²) in [5.41, 5.74) is 0. The number of ether oxygens (including phenoxy) is 1. The molecule has 6 heavy (non-hydrogen) atoms. The van der Waals surface area contributed by atoms with E-state index in [-0.39, 0.29) is 6.61 Å². The molecule has 0 N–H and O–H groups in total. The molecule has 0 atom stereocenters. The lowest BCUT2D eigenvalue weighted by Crippen LogP contribution is -1.68. The van der Waals surface area contributed by atoms with Gasteiger partial charge in [0.25, 0.3) is 0 Å². The molecule has 0 unspecified atom stereocenters. The van der Waals surface area contributed by atoms with Gasteiger partial charge < -0.3 is 4.74 Å². The van der Waals surface area contributed by atoms with Gasteiger partial charge in [0.2, 0.25) is 0 Å². The first-order valence-corrected chi connectivity index (χ1v) is 1.67.